The van der Waals surface area contributed by atoms with Crippen molar-refractivity contribution in [2.45, 2.75) is 32.7 Å². The van der Waals surface area contributed by atoms with Gasteiger partial charge in [0.25, 0.3) is 5.91 Å². The van der Waals surface area contributed by atoms with Crippen LogP contribution >= 0.6 is 0 Å². The number of aliphatic hydroxyl groups is 1. The highest BCUT2D eigenvalue weighted by atomic mass is 16.5. The van der Waals surface area contributed by atoms with Crippen LogP contribution in [-0.2, 0) is 0 Å². The van der Waals surface area contributed by atoms with Crippen molar-refractivity contribution in [2.75, 3.05) is 19.8 Å². The van der Waals surface area contributed by atoms with E-state index >= 15 is 0 Å². The van der Waals surface area contributed by atoms with Crippen LogP contribution < -0.4 is 4.74 Å². The predicted octanol–water partition coefficient (Wildman–Crippen LogP) is 2.32. The van der Waals surface area contributed by atoms with Gasteiger partial charge in [-0.15, -0.1) is 0 Å². The van der Waals surface area contributed by atoms with Crippen LogP contribution in [0.5, 0.6) is 5.75 Å². The van der Waals surface area contributed by atoms with Crippen LogP contribution in [0.1, 0.15) is 37.0 Å². The van der Waals surface area contributed by atoms with Gasteiger partial charge in [0, 0.05) is 12.1 Å². The molecule has 0 spiro atoms. The molecule has 1 aromatic carbocycles. The van der Waals surface area contributed by atoms with Gasteiger partial charge in [-0.3, -0.25) is 4.79 Å². The molecule has 1 atom stereocenters. The summed E-state index contributed by atoms with van der Waals surface area (Å²) in [7, 11) is 0. The van der Waals surface area contributed by atoms with Crippen LogP contribution in [0, 0.1) is 5.92 Å². The van der Waals surface area contributed by atoms with Crippen molar-refractivity contribution in [3.05, 3.63) is 29.8 Å². The number of carbonyl (C=O) groups excluding carboxylic acids is 1. The highest BCUT2D eigenvalue weighted by molar-refractivity contribution is 5.94. The number of aliphatic hydroxyl groups excluding tert-OH is 1. The topological polar surface area (TPSA) is 49.8 Å². The summed E-state index contributed by atoms with van der Waals surface area (Å²) in [5.74, 6) is 1.26. The molecule has 1 aromatic rings. The summed E-state index contributed by atoms with van der Waals surface area (Å²) in [5, 5.41) is 9.28. The van der Waals surface area contributed by atoms with Crippen LogP contribution in [0.15, 0.2) is 24.3 Å². The normalized spacial score (nSPS) is 18.6. The Labute approximate surface area is 120 Å². The summed E-state index contributed by atoms with van der Waals surface area (Å²) in [4.78, 5) is 14.1. The van der Waals surface area contributed by atoms with E-state index in [-0.39, 0.29) is 18.6 Å². The molecule has 1 N–H and O–H groups in total. The first-order valence-corrected chi connectivity index (χ1v) is 7.26. The minimum Gasteiger partial charge on any atom is -0.493 e. The van der Waals surface area contributed by atoms with Gasteiger partial charge in [-0.2, -0.15) is 0 Å². The average Bonchev–Trinajstić information content (AvgIpc) is 2.93. The van der Waals surface area contributed by atoms with Gasteiger partial charge in [0.05, 0.1) is 19.3 Å². The van der Waals surface area contributed by atoms with E-state index < -0.39 is 0 Å². The quantitative estimate of drug-likeness (QED) is 0.898. The Kier molecular flexibility index (Phi) is 5.01. The highest BCUT2D eigenvalue weighted by Gasteiger charge is 2.28. The fourth-order valence-corrected chi connectivity index (χ4v) is 2.42. The summed E-state index contributed by atoms with van der Waals surface area (Å²) in [5.41, 5.74) is 0.655. The lowest BCUT2D eigenvalue weighted by atomic mass is 10.1. The Morgan fingerprint density at radius 2 is 2.10 bits per heavy atom. The largest absolute Gasteiger partial charge is 0.493 e. The third kappa shape index (κ3) is 3.51. The number of benzene rings is 1. The first-order valence-electron chi connectivity index (χ1n) is 7.26. The van der Waals surface area contributed by atoms with Gasteiger partial charge in [-0.05, 0) is 43.0 Å². The molecule has 0 radical (unpaired) electrons. The van der Waals surface area contributed by atoms with Gasteiger partial charge in [-0.25, -0.2) is 0 Å². The number of amides is 1. The number of ether oxygens (including phenoxy) is 1. The summed E-state index contributed by atoms with van der Waals surface area (Å²) < 4.78 is 5.61. The monoisotopic (exact) mass is 277 g/mol. The van der Waals surface area contributed by atoms with E-state index in [9.17, 15) is 9.90 Å². The number of hydrogen-bond acceptors (Lipinski definition) is 3. The first kappa shape index (κ1) is 14.9. The Morgan fingerprint density at radius 1 is 1.40 bits per heavy atom. The molecule has 1 saturated heterocycles. The number of likely N-dealkylation sites (tertiary alicyclic amines) is 1. The lowest BCUT2D eigenvalue weighted by Gasteiger charge is -2.23. The van der Waals surface area contributed by atoms with Crippen molar-refractivity contribution in [3.63, 3.8) is 0 Å². The molecule has 1 fully saturated rings. The lowest BCUT2D eigenvalue weighted by molar-refractivity contribution is 0.0677. The fraction of sp³-hybridized carbons (Fsp3) is 0.562. The van der Waals surface area contributed by atoms with Gasteiger partial charge in [0.2, 0.25) is 0 Å². The summed E-state index contributed by atoms with van der Waals surface area (Å²) in [6, 6.07) is 7.23. The summed E-state index contributed by atoms with van der Waals surface area (Å²) >= 11 is 0. The van der Waals surface area contributed by atoms with E-state index in [4.69, 9.17) is 4.74 Å². The van der Waals surface area contributed by atoms with Crippen molar-refractivity contribution in [2.24, 2.45) is 5.92 Å². The van der Waals surface area contributed by atoms with Crippen molar-refractivity contribution in [3.8, 4) is 5.75 Å². The fourth-order valence-electron chi connectivity index (χ4n) is 2.42. The van der Waals surface area contributed by atoms with Gasteiger partial charge in [-0.1, -0.05) is 13.8 Å². The maximum atomic E-state index is 12.4. The van der Waals surface area contributed by atoms with Crippen LogP contribution in [0.25, 0.3) is 0 Å². The van der Waals surface area contributed by atoms with Crippen LogP contribution in [0.3, 0.4) is 0 Å². The number of carbonyl (C=O) groups is 1. The van der Waals surface area contributed by atoms with Crippen LogP contribution in [-0.4, -0.2) is 41.7 Å². The molecule has 1 heterocycles. The van der Waals surface area contributed by atoms with Crippen molar-refractivity contribution in [1.29, 1.82) is 0 Å². The molecule has 0 aliphatic carbocycles. The van der Waals surface area contributed by atoms with Crippen LogP contribution in [0.4, 0.5) is 0 Å². The second-order valence-electron chi connectivity index (χ2n) is 5.71. The van der Waals surface area contributed by atoms with E-state index in [1.54, 1.807) is 17.0 Å². The first-order chi connectivity index (χ1) is 9.61. The number of nitrogens with zero attached hydrogens (tertiary/aromatic N) is 1. The molecular formula is C16H23NO3. The van der Waals surface area contributed by atoms with Gasteiger partial charge in [0.15, 0.2) is 0 Å². The molecule has 1 aliphatic rings. The smallest absolute Gasteiger partial charge is 0.254 e. The molecule has 20 heavy (non-hydrogen) atoms. The van der Waals surface area contributed by atoms with Crippen molar-refractivity contribution >= 4 is 5.91 Å². The Hall–Kier alpha value is -1.55. The summed E-state index contributed by atoms with van der Waals surface area (Å²) in [6.45, 7) is 5.64. The highest BCUT2D eigenvalue weighted by Crippen LogP contribution is 2.21. The van der Waals surface area contributed by atoms with Gasteiger partial charge >= 0.3 is 0 Å². The molecule has 0 unspecified atom stereocenters. The zero-order chi connectivity index (χ0) is 14.5. The van der Waals surface area contributed by atoms with E-state index in [0.717, 1.165) is 25.1 Å². The predicted molar refractivity (Wildman–Crippen MR) is 77.9 cm³/mol. The maximum absolute atomic E-state index is 12.4. The third-order valence-electron chi connectivity index (χ3n) is 3.53. The standard InChI is InChI=1S/C16H23NO3/c1-12(2)11-20-15-7-5-13(6-8-15)16(19)17-9-3-4-14(17)10-18/h5-8,12,14,18H,3-4,9-11H2,1-2H3/t14-/m0/s1. The zero-order valence-electron chi connectivity index (χ0n) is 12.2. The molecule has 1 aliphatic heterocycles. The second-order valence-corrected chi connectivity index (χ2v) is 5.71. The third-order valence-corrected chi connectivity index (χ3v) is 3.53. The van der Waals surface area contributed by atoms with E-state index in [0.29, 0.717) is 18.1 Å². The molecule has 4 nitrogen and oxygen atoms in total. The minimum atomic E-state index is -0.0284. The molecule has 110 valence electrons. The number of rotatable bonds is 5. The molecule has 2 rings (SSSR count). The SMILES string of the molecule is CC(C)COc1ccc(C(=O)N2CCC[C@H]2CO)cc1. The van der Waals surface area contributed by atoms with E-state index in [1.807, 2.05) is 12.1 Å². The summed E-state index contributed by atoms with van der Waals surface area (Å²) in [6.07, 6.45) is 1.85. The lowest BCUT2D eigenvalue weighted by Crippen LogP contribution is -2.37. The molecular weight excluding hydrogens is 254 g/mol. The van der Waals surface area contributed by atoms with E-state index in [2.05, 4.69) is 13.8 Å². The molecule has 0 aromatic heterocycles. The average molecular weight is 277 g/mol. The molecule has 1 amide bonds. The van der Waals surface area contributed by atoms with Crippen LogP contribution in [0.2, 0.25) is 0 Å². The van der Waals surface area contributed by atoms with E-state index in [1.165, 1.54) is 0 Å². The minimum absolute atomic E-state index is 0.00282. The van der Waals surface area contributed by atoms with Crippen molar-refractivity contribution < 1.29 is 14.6 Å². The molecule has 0 saturated carbocycles. The maximum Gasteiger partial charge on any atom is 0.254 e. The molecule has 4 heteroatoms. The van der Waals surface area contributed by atoms with Gasteiger partial charge < -0.3 is 14.7 Å². The molecule has 0 bridgehead atoms. The second kappa shape index (κ2) is 6.75. The van der Waals surface area contributed by atoms with Crippen molar-refractivity contribution in [1.82, 2.24) is 4.90 Å². The Balaban J connectivity index is 2.00. The zero-order valence-corrected chi connectivity index (χ0v) is 12.2. The van der Waals surface area contributed by atoms with Gasteiger partial charge in [0.1, 0.15) is 5.75 Å². The Morgan fingerprint density at radius 3 is 2.70 bits per heavy atom. The Bertz CT molecular complexity index is 442. The number of hydrogen-bond donors (Lipinski definition) is 1.